The zero-order valence-electron chi connectivity index (χ0n) is 17.1. The van der Waals surface area contributed by atoms with Crippen LogP contribution >= 0.6 is 11.8 Å². The van der Waals surface area contributed by atoms with Crippen LogP contribution in [-0.4, -0.2) is 59.0 Å². The summed E-state index contributed by atoms with van der Waals surface area (Å²) >= 11 is 1.40. The van der Waals surface area contributed by atoms with E-state index in [9.17, 15) is 4.79 Å². The maximum atomic E-state index is 12.3. The summed E-state index contributed by atoms with van der Waals surface area (Å²) in [5.41, 5.74) is 1.17. The average molecular weight is 402 g/mol. The Morgan fingerprint density at radius 1 is 1.32 bits per heavy atom. The number of amides is 1. The highest BCUT2D eigenvalue weighted by atomic mass is 32.2. The Morgan fingerprint density at radius 3 is 2.64 bits per heavy atom. The standard InChI is InChI=1S/C20H28N6OS/c1-5-17(24(2)3)19-22-23-20(26(19)14-16-10-7-6-8-11-16)28-15-18(27)25(4)13-9-12-21/h6-8,10-11,17H,5,9,13-15H2,1-4H3/p+1/t17-/m1/s1. The van der Waals surface area contributed by atoms with Crippen LogP contribution in [0.4, 0.5) is 0 Å². The van der Waals surface area contributed by atoms with Gasteiger partial charge in [-0.25, -0.2) is 0 Å². The van der Waals surface area contributed by atoms with Crippen molar-refractivity contribution >= 4 is 17.7 Å². The van der Waals surface area contributed by atoms with E-state index in [1.165, 1.54) is 22.2 Å². The first-order chi connectivity index (χ1) is 13.5. The van der Waals surface area contributed by atoms with Crippen LogP contribution < -0.4 is 4.90 Å². The molecule has 2 rings (SSSR count). The van der Waals surface area contributed by atoms with Crippen molar-refractivity contribution in [3.8, 4) is 6.07 Å². The van der Waals surface area contributed by atoms with E-state index in [0.717, 1.165) is 17.4 Å². The van der Waals surface area contributed by atoms with Crippen LogP contribution in [0.2, 0.25) is 0 Å². The molecule has 7 nitrogen and oxygen atoms in total. The molecule has 8 heteroatoms. The van der Waals surface area contributed by atoms with Crippen LogP contribution in [0.5, 0.6) is 0 Å². The number of rotatable bonds is 10. The Bertz CT molecular complexity index is 799. The van der Waals surface area contributed by atoms with Gasteiger partial charge in [0.05, 0.1) is 38.9 Å². The molecule has 0 fully saturated rings. The third-order valence-electron chi connectivity index (χ3n) is 4.66. The van der Waals surface area contributed by atoms with Crippen molar-refractivity contribution in [2.24, 2.45) is 0 Å². The number of quaternary nitrogens is 1. The van der Waals surface area contributed by atoms with E-state index in [4.69, 9.17) is 5.26 Å². The van der Waals surface area contributed by atoms with Gasteiger partial charge >= 0.3 is 0 Å². The monoisotopic (exact) mass is 401 g/mol. The molecule has 0 saturated carbocycles. The van der Waals surface area contributed by atoms with Crippen molar-refractivity contribution in [1.82, 2.24) is 19.7 Å². The second-order valence-electron chi connectivity index (χ2n) is 6.96. The first kappa shape index (κ1) is 21.9. The number of carbonyl (C=O) groups is 1. The van der Waals surface area contributed by atoms with Gasteiger partial charge < -0.3 is 9.80 Å². The van der Waals surface area contributed by atoms with Crippen LogP contribution in [0.3, 0.4) is 0 Å². The van der Waals surface area contributed by atoms with E-state index in [2.05, 4.69) is 54.0 Å². The molecule has 1 heterocycles. The van der Waals surface area contributed by atoms with E-state index in [1.807, 2.05) is 18.2 Å². The summed E-state index contributed by atoms with van der Waals surface area (Å²) in [5.74, 6) is 1.21. The first-order valence-electron chi connectivity index (χ1n) is 9.48. The predicted octanol–water partition coefficient (Wildman–Crippen LogP) is 1.39. The lowest BCUT2D eigenvalue weighted by Crippen LogP contribution is -3.06. The van der Waals surface area contributed by atoms with Gasteiger partial charge in [-0.15, -0.1) is 10.2 Å². The second kappa shape index (κ2) is 10.8. The Morgan fingerprint density at radius 2 is 2.04 bits per heavy atom. The first-order valence-corrected chi connectivity index (χ1v) is 10.5. The van der Waals surface area contributed by atoms with Gasteiger partial charge in [0, 0.05) is 20.0 Å². The zero-order chi connectivity index (χ0) is 20.5. The fourth-order valence-corrected chi connectivity index (χ4v) is 3.89. The lowest BCUT2D eigenvalue weighted by molar-refractivity contribution is -0.893. The normalized spacial score (nSPS) is 12.0. The molecule has 0 saturated heterocycles. The number of hydrogen-bond acceptors (Lipinski definition) is 5. The molecule has 0 radical (unpaired) electrons. The highest BCUT2D eigenvalue weighted by molar-refractivity contribution is 7.99. The van der Waals surface area contributed by atoms with E-state index in [0.29, 0.717) is 19.5 Å². The van der Waals surface area contributed by atoms with Crippen molar-refractivity contribution < 1.29 is 9.69 Å². The van der Waals surface area contributed by atoms with Crippen molar-refractivity contribution in [2.75, 3.05) is 33.4 Å². The van der Waals surface area contributed by atoms with Gasteiger partial charge in [0.2, 0.25) is 5.91 Å². The van der Waals surface area contributed by atoms with Crippen molar-refractivity contribution in [3.63, 3.8) is 0 Å². The number of benzene rings is 1. The van der Waals surface area contributed by atoms with Crippen LogP contribution in [0.1, 0.15) is 37.2 Å². The van der Waals surface area contributed by atoms with Crippen molar-refractivity contribution in [3.05, 3.63) is 41.7 Å². The SMILES string of the molecule is CC[C@H](c1nnc(SCC(=O)N(C)CCC#N)n1Cc1ccccc1)[NH+](C)C. The maximum Gasteiger partial charge on any atom is 0.232 e. The van der Waals surface area contributed by atoms with E-state index in [1.54, 1.807) is 11.9 Å². The van der Waals surface area contributed by atoms with Gasteiger partial charge in [-0.1, -0.05) is 49.0 Å². The summed E-state index contributed by atoms with van der Waals surface area (Å²) in [6.45, 7) is 3.27. The summed E-state index contributed by atoms with van der Waals surface area (Å²) in [6.07, 6.45) is 1.29. The van der Waals surface area contributed by atoms with Crippen LogP contribution in [0.15, 0.2) is 35.5 Å². The molecule has 0 aliphatic carbocycles. The average Bonchev–Trinajstić information content (AvgIpc) is 3.07. The van der Waals surface area contributed by atoms with Gasteiger partial charge in [0.1, 0.15) is 6.04 Å². The lowest BCUT2D eigenvalue weighted by Gasteiger charge is -2.20. The molecule has 1 aromatic heterocycles. The molecule has 1 atom stereocenters. The van der Waals surface area contributed by atoms with Crippen molar-refractivity contribution in [1.29, 1.82) is 5.26 Å². The summed E-state index contributed by atoms with van der Waals surface area (Å²) in [4.78, 5) is 15.2. The summed E-state index contributed by atoms with van der Waals surface area (Å²) < 4.78 is 2.13. The largest absolute Gasteiger partial charge is 0.344 e. The van der Waals surface area contributed by atoms with Gasteiger partial charge in [-0.05, 0) is 5.56 Å². The van der Waals surface area contributed by atoms with Gasteiger partial charge in [-0.2, -0.15) is 5.26 Å². The smallest absolute Gasteiger partial charge is 0.232 e. The number of hydrogen-bond donors (Lipinski definition) is 1. The minimum Gasteiger partial charge on any atom is -0.344 e. The summed E-state index contributed by atoms with van der Waals surface area (Å²) in [6, 6.07) is 12.5. The quantitative estimate of drug-likeness (QED) is 0.609. The molecule has 0 aliphatic rings. The third kappa shape index (κ3) is 5.81. The Balaban J connectivity index is 2.22. The second-order valence-corrected chi connectivity index (χ2v) is 7.91. The maximum absolute atomic E-state index is 12.3. The molecule has 1 amide bonds. The molecule has 0 unspecified atom stereocenters. The highest BCUT2D eigenvalue weighted by Gasteiger charge is 2.25. The highest BCUT2D eigenvalue weighted by Crippen LogP contribution is 2.22. The lowest BCUT2D eigenvalue weighted by atomic mass is 10.2. The van der Waals surface area contributed by atoms with E-state index >= 15 is 0 Å². The minimum atomic E-state index is -0.0127. The summed E-state index contributed by atoms with van der Waals surface area (Å²) in [5, 5.41) is 18.3. The van der Waals surface area contributed by atoms with E-state index < -0.39 is 0 Å². The Kier molecular flexibility index (Phi) is 8.48. The Hall–Kier alpha value is -2.37. The topological polar surface area (TPSA) is 79.2 Å². The van der Waals surface area contributed by atoms with Crippen molar-refractivity contribution in [2.45, 2.75) is 37.5 Å². The fourth-order valence-electron chi connectivity index (χ4n) is 3.01. The molecule has 150 valence electrons. The Labute approximate surface area is 171 Å². The van der Waals surface area contributed by atoms with Gasteiger partial charge in [0.25, 0.3) is 0 Å². The predicted molar refractivity (Wildman–Crippen MR) is 110 cm³/mol. The molecular weight excluding hydrogens is 372 g/mol. The third-order valence-corrected chi connectivity index (χ3v) is 5.61. The molecule has 1 N–H and O–H groups in total. The number of nitrogens with one attached hydrogen (secondary N) is 1. The molecule has 0 bridgehead atoms. The molecule has 28 heavy (non-hydrogen) atoms. The van der Waals surface area contributed by atoms with Crippen LogP contribution in [0.25, 0.3) is 0 Å². The van der Waals surface area contributed by atoms with Gasteiger partial charge in [-0.3, -0.25) is 9.36 Å². The zero-order valence-corrected chi connectivity index (χ0v) is 17.9. The van der Waals surface area contributed by atoms with Gasteiger partial charge in [0.15, 0.2) is 11.0 Å². The minimum absolute atomic E-state index is 0.0127. The molecule has 2 aromatic rings. The number of thioether (sulfide) groups is 1. The fraction of sp³-hybridized carbons (Fsp3) is 0.500. The molecule has 0 spiro atoms. The number of nitriles is 1. The van der Waals surface area contributed by atoms with Crippen LogP contribution in [-0.2, 0) is 11.3 Å². The number of carbonyl (C=O) groups excluding carboxylic acids is 1. The van der Waals surface area contributed by atoms with Crippen LogP contribution in [0, 0.1) is 11.3 Å². The number of nitrogens with zero attached hydrogens (tertiary/aromatic N) is 5. The summed E-state index contributed by atoms with van der Waals surface area (Å²) in [7, 11) is 5.97. The number of aromatic nitrogens is 3. The van der Waals surface area contributed by atoms with E-state index in [-0.39, 0.29) is 17.7 Å². The molecule has 0 aliphatic heterocycles. The molecular formula is C20H29N6OS+. The molecule has 1 aromatic carbocycles.